The van der Waals surface area contributed by atoms with Crippen molar-refractivity contribution in [1.29, 1.82) is 0 Å². The molecule has 3 aliphatic rings. The third-order valence-electron chi connectivity index (χ3n) is 4.89. The lowest BCUT2D eigenvalue weighted by atomic mass is 9.88. The molecule has 1 heterocycles. The van der Waals surface area contributed by atoms with Crippen molar-refractivity contribution in [3.63, 3.8) is 0 Å². The molecular weight excluding hydrogens is 208 g/mol. The Morgan fingerprint density at radius 1 is 0.941 bits per heavy atom. The Morgan fingerprint density at radius 2 is 1.82 bits per heavy atom. The second-order valence-electron chi connectivity index (χ2n) is 6.06. The van der Waals surface area contributed by atoms with Gasteiger partial charge in [-0.2, -0.15) is 0 Å². The Morgan fingerprint density at radius 3 is 2.59 bits per heavy atom. The quantitative estimate of drug-likeness (QED) is 0.734. The van der Waals surface area contributed by atoms with E-state index in [9.17, 15) is 0 Å². The van der Waals surface area contributed by atoms with Gasteiger partial charge in [-0.1, -0.05) is 25.0 Å². The molecule has 0 aromatic carbocycles. The Hall–Kier alpha value is -0.340. The third kappa shape index (κ3) is 2.74. The maximum atomic E-state index is 3.92. The predicted octanol–water partition coefficient (Wildman–Crippen LogP) is 2.61. The molecule has 0 bridgehead atoms. The van der Waals surface area contributed by atoms with Gasteiger partial charge < -0.3 is 10.6 Å². The average Bonchev–Trinajstić information content (AvgIpc) is 3.02. The highest BCUT2D eigenvalue weighted by atomic mass is 15.0. The predicted molar refractivity (Wildman–Crippen MR) is 72.1 cm³/mol. The topological polar surface area (TPSA) is 24.1 Å². The second kappa shape index (κ2) is 5.53. The highest BCUT2D eigenvalue weighted by Crippen LogP contribution is 2.32. The van der Waals surface area contributed by atoms with Crippen molar-refractivity contribution in [2.45, 2.75) is 69.5 Å². The maximum Gasteiger partial charge on any atom is 0.0139 e. The minimum absolute atomic E-state index is 0.740. The van der Waals surface area contributed by atoms with Gasteiger partial charge >= 0.3 is 0 Å². The van der Waals surface area contributed by atoms with Gasteiger partial charge in [0.1, 0.15) is 0 Å². The Bertz CT molecular complexity index is 260. The van der Waals surface area contributed by atoms with E-state index in [1.165, 1.54) is 57.9 Å². The second-order valence-corrected chi connectivity index (χ2v) is 6.06. The summed E-state index contributed by atoms with van der Waals surface area (Å²) in [6.07, 6.45) is 15.7. The van der Waals surface area contributed by atoms with Gasteiger partial charge in [0, 0.05) is 18.1 Å². The van der Waals surface area contributed by atoms with Crippen LogP contribution in [0.3, 0.4) is 0 Å². The van der Waals surface area contributed by atoms with Crippen molar-refractivity contribution < 1.29 is 0 Å². The van der Waals surface area contributed by atoms with E-state index < -0.39 is 0 Å². The molecule has 0 spiro atoms. The Balaban J connectivity index is 1.55. The van der Waals surface area contributed by atoms with Crippen LogP contribution in [0.2, 0.25) is 0 Å². The number of rotatable bonds is 3. The van der Waals surface area contributed by atoms with Crippen molar-refractivity contribution in [3.8, 4) is 0 Å². The first-order valence-electron chi connectivity index (χ1n) is 7.58. The summed E-state index contributed by atoms with van der Waals surface area (Å²) in [7, 11) is 0. The van der Waals surface area contributed by atoms with E-state index in [-0.39, 0.29) is 0 Å². The van der Waals surface area contributed by atoms with E-state index in [4.69, 9.17) is 0 Å². The summed E-state index contributed by atoms with van der Waals surface area (Å²) in [5.41, 5.74) is 0. The van der Waals surface area contributed by atoms with Gasteiger partial charge in [0.05, 0.1) is 0 Å². The largest absolute Gasteiger partial charge is 0.314 e. The van der Waals surface area contributed by atoms with Crippen molar-refractivity contribution in [2.75, 3.05) is 6.54 Å². The fourth-order valence-electron chi connectivity index (χ4n) is 3.98. The number of hydrogen-bond donors (Lipinski definition) is 2. The summed E-state index contributed by atoms with van der Waals surface area (Å²) in [6, 6.07) is 2.33. The van der Waals surface area contributed by atoms with Crippen LogP contribution in [-0.2, 0) is 0 Å². The van der Waals surface area contributed by atoms with Crippen molar-refractivity contribution in [1.82, 2.24) is 10.6 Å². The van der Waals surface area contributed by atoms with E-state index in [1.54, 1.807) is 0 Å². The highest BCUT2D eigenvalue weighted by molar-refractivity contribution is 5.01. The van der Waals surface area contributed by atoms with Crippen LogP contribution in [0.1, 0.15) is 51.4 Å². The number of piperidine rings is 1. The smallest absolute Gasteiger partial charge is 0.0139 e. The molecule has 2 nitrogen and oxygen atoms in total. The Kier molecular flexibility index (Phi) is 3.82. The lowest BCUT2D eigenvalue weighted by Gasteiger charge is -2.34. The van der Waals surface area contributed by atoms with E-state index in [1.807, 2.05) is 0 Å². The molecular formula is C15H26N2. The fraction of sp³-hybridized carbons (Fsp3) is 0.867. The molecule has 0 aromatic heterocycles. The molecule has 96 valence electrons. The SMILES string of the molecule is C1=CCC(NC2CCCC2C2CCCCN2)C1. The minimum atomic E-state index is 0.740. The molecule has 1 saturated carbocycles. The zero-order valence-electron chi connectivity index (χ0n) is 10.8. The van der Waals surface area contributed by atoms with Gasteiger partial charge in [0.15, 0.2) is 0 Å². The summed E-state index contributed by atoms with van der Waals surface area (Å²) in [5.74, 6) is 0.899. The number of nitrogens with one attached hydrogen (secondary N) is 2. The summed E-state index contributed by atoms with van der Waals surface area (Å²) >= 11 is 0. The van der Waals surface area contributed by atoms with Crippen LogP contribution in [0.25, 0.3) is 0 Å². The number of hydrogen-bond acceptors (Lipinski definition) is 2. The highest BCUT2D eigenvalue weighted by Gasteiger charge is 2.35. The molecule has 17 heavy (non-hydrogen) atoms. The van der Waals surface area contributed by atoms with Crippen LogP contribution in [0.15, 0.2) is 12.2 Å². The monoisotopic (exact) mass is 234 g/mol. The lowest BCUT2D eigenvalue weighted by Crippen LogP contribution is -2.48. The molecule has 2 fully saturated rings. The average molecular weight is 234 g/mol. The normalized spacial score (nSPS) is 38.9. The van der Waals surface area contributed by atoms with Gasteiger partial charge in [-0.3, -0.25) is 0 Å². The van der Waals surface area contributed by atoms with Crippen LogP contribution in [-0.4, -0.2) is 24.7 Å². The van der Waals surface area contributed by atoms with Gasteiger partial charge in [-0.05, 0) is 51.0 Å². The minimum Gasteiger partial charge on any atom is -0.314 e. The van der Waals surface area contributed by atoms with E-state index in [2.05, 4.69) is 22.8 Å². The van der Waals surface area contributed by atoms with Gasteiger partial charge in [-0.15, -0.1) is 0 Å². The molecule has 1 aliphatic heterocycles. The van der Waals surface area contributed by atoms with E-state index in [0.29, 0.717) is 0 Å². The third-order valence-corrected chi connectivity index (χ3v) is 4.89. The van der Waals surface area contributed by atoms with Crippen LogP contribution in [0.5, 0.6) is 0 Å². The molecule has 2 aliphatic carbocycles. The summed E-state index contributed by atoms with van der Waals surface area (Å²) in [6.45, 7) is 1.25. The van der Waals surface area contributed by atoms with Crippen molar-refractivity contribution in [3.05, 3.63) is 12.2 Å². The molecule has 0 aromatic rings. The summed E-state index contributed by atoms with van der Waals surface area (Å²) in [4.78, 5) is 0. The first kappa shape index (κ1) is 11.7. The molecule has 2 N–H and O–H groups in total. The molecule has 1 saturated heterocycles. The zero-order valence-corrected chi connectivity index (χ0v) is 10.8. The summed E-state index contributed by atoms with van der Waals surface area (Å²) in [5, 5.41) is 7.68. The molecule has 3 rings (SSSR count). The van der Waals surface area contributed by atoms with Gasteiger partial charge in [0.25, 0.3) is 0 Å². The van der Waals surface area contributed by atoms with Gasteiger partial charge in [-0.25, -0.2) is 0 Å². The molecule has 2 heteroatoms. The van der Waals surface area contributed by atoms with E-state index in [0.717, 1.165) is 24.0 Å². The fourth-order valence-corrected chi connectivity index (χ4v) is 3.98. The molecule has 3 atom stereocenters. The molecule has 0 amide bonds. The van der Waals surface area contributed by atoms with Gasteiger partial charge in [0.2, 0.25) is 0 Å². The first-order valence-corrected chi connectivity index (χ1v) is 7.58. The summed E-state index contributed by atoms with van der Waals surface area (Å²) < 4.78 is 0. The van der Waals surface area contributed by atoms with Crippen LogP contribution >= 0.6 is 0 Å². The first-order chi connectivity index (χ1) is 8.43. The Labute approximate surface area is 105 Å². The van der Waals surface area contributed by atoms with Crippen molar-refractivity contribution in [2.24, 2.45) is 5.92 Å². The standard InChI is InChI=1S/C15H26N2/c1-2-7-12(6-1)17-15-10-5-8-13(15)14-9-3-4-11-16-14/h1-2,12-17H,3-11H2. The van der Waals surface area contributed by atoms with Crippen molar-refractivity contribution >= 4 is 0 Å². The molecule has 3 unspecified atom stereocenters. The van der Waals surface area contributed by atoms with E-state index >= 15 is 0 Å². The van der Waals surface area contributed by atoms with Crippen LogP contribution in [0.4, 0.5) is 0 Å². The van der Waals surface area contributed by atoms with Crippen LogP contribution in [0, 0.1) is 5.92 Å². The maximum absolute atomic E-state index is 3.92. The lowest BCUT2D eigenvalue weighted by molar-refractivity contribution is 0.247. The zero-order chi connectivity index (χ0) is 11.5. The molecule has 0 radical (unpaired) electrons. The van der Waals surface area contributed by atoms with Crippen LogP contribution < -0.4 is 10.6 Å².